The lowest BCUT2D eigenvalue weighted by atomic mass is 9.87. The van der Waals surface area contributed by atoms with Crippen LogP contribution < -0.4 is 9.46 Å². The number of sulfonamides is 1. The summed E-state index contributed by atoms with van der Waals surface area (Å²) in [6, 6.07) is 10.8. The van der Waals surface area contributed by atoms with Crippen LogP contribution in [0.5, 0.6) is 5.75 Å². The van der Waals surface area contributed by atoms with Gasteiger partial charge in [0.05, 0.1) is 12.2 Å². The Labute approximate surface area is 166 Å². The monoisotopic (exact) mass is 405 g/mol. The number of benzene rings is 2. The molecule has 0 aromatic heterocycles. The van der Waals surface area contributed by atoms with Gasteiger partial charge in [-0.25, -0.2) is 13.2 Å². The molecule has 0 heterocycles. The third kappa shape index (κ3) is 5.48. The van der Waals surface area contributed by atoms with Crippen molar-refractivity contribution in [3.8, 4) is 5.75 Å². The van der Waals surface area contributed by atoms with E-state index in [0.717, 1.165) is 18.4 Å². The second-order valence-corrected chi connectivity index (χ2v) is 9.25. The summed E-state index contributed by atoms with van der Waals surface area (Å²) in [6.07, 6.45) is 1.76. The predicted octanol–water partition coefficient (Wildman–Crippen LogP) is 4.66. The molecular weight excluding hydrogens is 378 g/mol. The molecule has 28 heavy (non-hydrogen) atoms. The average molecular weight is 406 g/mol. The van der Waals surface area contributed by atoms with E-state index in [9.17, 15) is 13.2 Å². The Kier molecular flexibility index (Phi) is 6.72. The van der Waals surface area contributed by atoms with Gasteiger partial charge in [-0.15, -0.1) is 0 Å². The highest BCUT2D eigenvalue weighted by Crippen LogP contribution is 2.32. The molecule has 6 nitrogen and oxygen atoms in total. The smallest absolute Gasteiger partial charge is 0.335 e. The van der Waals surface area contributed by atoms with Crippen LogP contribution in [0, 0.1) is 0 Å². The van der Waals surface area contributed by atoms with Gasteiger partial charge in [-0.05, 0) is 53.8 Å². The molecule has 0 saturated carbocycles. The second-order valence-electron chi connectivity index (χ2n) is 7.60. The van der Waals surface area contributed by atoms with E-state index in [1.165, 1.54) is 24.3 Å². The Morgan fingerprint density at radius 3 is 2.29 bits per heavy atom. The minimum Gasteiger partial charge on any atom is -0.492 e. The van der Waals surface area contributed by atoms with Crippen LogP contribution >= 0.6 is 0 Å². The molecule has 0 spiro atoms. The molecular formula is C21H27NO5S. The number of hydrogen-bond acceptors (Lipinski definition) is 4. The largest absolute Gasteiger partial charge is 0.492 e. The van der Waals surface area contributed by atoms with Crippen LogP contribution in [-0.2, 0) is 15.4 Å². The molecule has 0 unspecified atom stereocenters. The molecule has 2 aromatic carbocycles. The second kappa shape index (κ2) is 8.65. The Morgan fingerprint density at radius 1 is 1.11 bits per heavy atom. The van der Waals surface area contributed by atoms with Crippen LogP contribution in [0.15, 0.2) is 47.4 Å². The lowest BCUT2D eigenvalue weighted by Gasteiger charge is -2.21. The van der Waals surface area contributed by atoms with Crippen LogP contribution in [-0.4, -0.2) is 26.1 Å². The quantitative estimate of drug-likeness (QED) is 0.623. The topological polar surface area (TPSA) is 92.7 Å². The minimum atomic E-state index is -3.92. The van der Waals surface area contributed by atoms with Gasteiger partial charge in [0.25, 0.3) is 10.0 Å². The summed E-state index contributed by atoms with van der Waals surface area (Å²) in [5, 5.41) is 8.98. The molecule has 152 valence electrons. The Morgan fingerprint density at radius 2 is 1.75 bits per heavy atom. The van der Waals surface area contributed by atoms with E-state index in [4.69, 9.17) is 9.84 Å². The van der Waals surface area contributed by atoms with E-state index in [0.29, 0.717) is 12.4 Å². The van der Waals surface area contributed by atoms with Crippen LogP contribution in [0.1, 0.15) is 56.5 Å². The summed E-state index contributed by atoms with van der Waals surface area (Å²) < 4.78 is 34.3. The van der Waals surface area contributed by atoms with Crippen molar-refractivity contribution in [3.05, 3.63) is 53.6 Å². The summed E-state index contributed by atoms with van der Waals surface area (Å²) in [5.74, 6) is -0.769. The van der Waals surface area contributed by atoms with Crippen LogP contribution in [0.4, 0.5) is 5.69 Å². The van der Waals surface area contributed by atoms with Gasteiger partial charge in [-0.3, -0.25) is 4.72 Å². The van der Waals surface area contributed by atoms with E-state index in [2.05, 4.69) is 4.72 Å². The number of nitrogens with one attached hydrogen (secondary N) is 1. The number of rotatable bonds is 8. The number of carboxylic acids is 1. The fourth-order valence-corrected chi connectivity index (χ4v) is 3.75. The predicted molar refractivity (Wildman–Crippen MR) is 110 cm³/mol. The number of carbonyl (C=O) groups is 1. The van der Waals surface area contributed by atoms with Gasteiger partial charge in [-0.1, -0.05) is 40.2 Å². The van der Waals surface area contributed by atoms with Crippen molar-refractivity contribution in [1.82, 2.24) is 0 Å². The Hall–Kier alpha value is -2.54. The first-order chi connectivity index (χ1) is 13.0. The van der Waals surface area contributed by atoms with Crippen molar-refractivity contribution in [2.24, 2.45) is 0 Å². The molecule has 0 fully saturated rings. The normalized spacial score (nSPS) is 11.9. The zero-order chi connectivity index (χ0) is 20.9. The number of unbranched alkanes of at least 4 members (excludes halogenated alkanes) is 1. The number of hydrogen-bond donors (Lipinski definition) is 2. The summed E-state index contributed by atoms with van der Waals surface area (Å²) in [6.45, 7) is 8.49. The van der Waals surface area contributed by atoms with Crippen molar-refractivity contribution < 1.29 is 23.1 Å². The third-order valence-corrected chi connectivity index (χ3v) is 5.64. The number of aromatic carboxylic acids is 1. The van der Waals surface area contributed by atoms with E-state index in [1.807, 2.05) is 33.8 Å². The van der Waals surface area contributed by atoms with Gasteiger partial charge in [0.15, 0.2) is 0 Å². The minimum absolute atomic E-state index is 0.0679. The zero-order valence-corrected chi connectivity index (χ0v) is 17.5. The number of anilines is 1. The standard InChI is InChI=1S/C21H27NO5S/c1-5-6-13-27-18-12-9-16(21(2,3)4)14-19(18)28(25,26)22-17-10-7-15(8-11-17)20(23)24/h7-12,14,22H,5-6,13H2,1-4H3,(H,23,24). The van der Waals surface area contributed by atoms with Crippen LogP contribution in [0.2, 0.25) is 0 Å². The molecule has 0 radical (unpaired) electrons. The zero-order valence-electron chi connectivity index (χ0n) is 16.7. The lowest BCUT2D eigenvalue weighted by molar-refractivity contribution is 0.0697. The molecule has 2 aromatic rings. The summed E-state index contributed by atoms with van der Waals surface area (Å²) in [4.78, 5) is 11.0. The van der Waals surface area contributed by atoms with Crippen molar-refractivity contribution in [2.45, 2.75) is 50.8 Å². The van der Waals surface area contributed by atoms with Gasteiger partial charge < -0.3 is 9.84 Å². The fraction of sp³-hybridized carbons (Fsp3) is 0.381. The third-order valence-electron chi connectivity index (χ3n) is 4.24. The fourth-order valence-electron chi connectivity index (χ4n) is 2.52. The Bertz CT molecular complexity index is 928. The molecule has 0 aliphatic heterocycles. The molecule has 0 saturated heterocycles. The van der Waals surface area contributed by atoms with Crippen LogP contribution in [0.3, 0.4) is 0 Å². The van der Waals surface area contributed by atoms with Crippen molar-refractivity contribution >= 4 is 21.7 Å². The maximum Gasteiger partial charge on any atom is 0.335 e. The number of ether oxygens (including phenoxy) is 1. The number of carboxylic acid groups (broad SMARTS) is 1. The average Bonchev–Trinajstić information content (AvgIpc) is 2.61. The van der Waals surface area contributed by atoms with E-state index < -0.39 is 16.0 Å². The van der Waals surface area contributed by atoms with Crippen molar-refractivity contribution in [2.75, 3.05) is 11.3 Å². The Balaban J connectivity index is 2.41. The summed E-state index contributed by atoms with van der Waals surface area (Å²) in [7, 11) is -3.92. The molecule has 2 rings (SSSR count). The van der Waals surface area contributed by atoms with Gasteiger partial charge in [-0.2, -0.15) is 0 Å². The first-order valence-corrected chi connectivity index (χ1v) is 10.7. The van der Waals surface area contributed by atoms with Crippen LogP contribution in [0.25, 0.3) is 0 Å². The van der Waals surface area contributed by atoms with Gasteiger partial charge in [0, 0.05) is 5.69 Å². The molecule has 0 amide bonds. The van der Waals surface area contributed by atoms with E-state index in [1.54, 1.807) is 12.1 Å². The first-order valence-electron chi connectivity index (χ1n) is 9.18. The summed E-state index contributed by atoms with van der Waals surface area (Å²) in [5.41, 5.74) is 1.01. The summed E-state index contributed by atoms with van der Waals surface area (Å²) >= 11 is 0. The maximum atomic E-state index is 13.0. The maximum absolute atomic E-state index is 13.0. The first kappa shape index (κ1) is 21.8. The van der Waals surface area contributed by atoms with Gasteiger partial charge in [0.1, 0.15) is 10.6 Å². The molecule has 7 heteroatoms. The van der Waals surface area contributed by atoms with Crippen molar-refractivity contribution in [1.29, 1.82) is 0 Å². The van der Waals surface area contributed by atoms with E-state index in [-0.39, 0.29) is 21.6 Å². The highest BCUT2D eigenvalue weighted by Gasteiger charge is 2.24. The lowest BCUT2D eigenvalue weighted by Crippen LogP contribution is -2.17. The molecule has 2 N–H and O–H groups in total. The van der Waals surface area contributed by atoms with Gasteiger partial charge >= 0.3 is 5.97 Å². The molecule has 0 bridgehead atoms. The molecule has 0 aliphatic rings. The van der Waals surface area contributed by atoms with E-state index >= 15 is 0 Å². The van der Waals surface area contributed by atoms with Gasteiger partial charge in [0.2, 0.25) is 0 Å². The SMILES string of the molecule is CCCCOc1ccc(C(C)(C)C)cc1S(=O)(=O)Nc1ccc(C(=O)O)cc1. The highest BCUT2D eigenvalue weighted by atomic mass is 32.2. The van der Waals surface area contributed by atoms with Crippen molar-refractivity contribution in [3.63, 3.8) is 0 Å². The highest BCUT2D eigenvalue weighted by molar-refractivity contribution is 7.92. The molecule has 0 atom stereocenters. The molecule has 0 aliphatic carbocycles.